The van der Waals surface area contributed by atoms with Gasteiger partial charge in [-0.3, -0.25) is 0 Å². The summed E-state index contributed by atoms with van der Waals surface area (Å²) in [6.45, 7) is 5.34. The van der Waals surface area contributed by atoms with Crippen molar-refractivity contribution in [2.45, 2.75) is 26.4 Å². The molecule has 2 aromatic rings. The maximum absolute atomic E-state index is 11.9. The van der Waals surface area contributed by atoms with E-state index in [2.05, 4.69) is 33.5 Å². The van der Waals surface area contributed by atoms with Crippen LogP contribution in [0.1, 0.15) is 42.3 Å². The molecule has 0 aliphatic rings. The molecule has 1 aromatic heterocycles. The van der Waals surface area contributed by atoms with Crippen LogP contribution in [0.4, 0.5) is 4.79 Å². The third-order valence-electron chi connectivity index (χ3n) is 2.95. The van der Waals surface area contributed by atoms with E-state index in [9.17, 15) is 9.59 Å². The Morgan fingerprint density at radius 2 is 1.65 bits per heavy atom. The fraction of sp³-hybridized carbons (Fsp3) is 0.250. The minimum absolute atomic E-state index is 0.397. The second-order valence-electron chi connectivity index (χ2n) is 6.22. The van der Waals surface area contributed by atoms with Gasteiger partial charge in [0.2, 0.25) is 0 Å². The van der Waals surface area contributed by atoms with Gasteiger partial charge in [-0.1, -0.05) is 5.92 Å². The molecular formula is C20H18N2O4. The predicted molar refractivity (Wildman–Crippen MR) is 95.4 cm³/mol. The van der Waals surface area contributed by atoms with E-state index < -0.39 is 17.7 Å². The first kappa shape index (κ1) is 18.8. The summed E-state index contributed by atoms with van der Waals surface area (Å²) < 4.78 is 10.9. The van der Waals surface area contributed by atoms with Gasteiger partial charge in [0.15, 0.2) is 0 Å². The summed E-state index contributed by atoms with van der Waals surface area (Å²) in [7, 11) is 1.33. The Labute approximate surface area is 152 Å². The van der Waals surface area contributed by atoms with Gasteiger partial charge in [0.1, 0.15) is 5.60 Å². The Bertz CT molecular complexity index is 926. The Kier molecular flexibility index (Phi) is 5.82. The molecule has 26 heavy (non-hydrogen) atoms. The summed E-state index contributed by atoms with van der Waals surface area (Å²) in [5.41, 5.74) is 1.13. The molecule has 0 bridgehead atoms. The molecule has 0 aliphatic heterocycles. The Balaban J connectivity index is 2.02. The summed E-state index contributed by atoms with van der Waals surface area (Å²) in [5.74, 6) is 10.7. The van der Waals surface area contributed by atoms with Crippen LogP contribution in [0.3, 0.4) is 0 Å². The monoisotopic (exact) mass is 350 g/mol. The molecule has 6 nitrogen and oxygen atoms in total. The van der Waals surface area contributed by atoms with Gasteiger partial charge in [-0.05, 0) is 62.8 Å². The average molecular weight is 350 g/mol. The molecule has 0 amide bonds. The van der Waals surface area contributed by atoms with E-state index in [1.54, 1.807) is 45.0 Å². The van der Waals surface area contributed by atoms with E-state index in [1.807, 2.05) is 0 Å². The molecule has 0 unspecified atom stereocenters. The van der Waals surface area contributed by atoms with E-state index in [4.69, 9.17) is 4.74 Å². The number of benzene rings is 1. The second-order valence-corrected chi connectivity index (χ2v) is 6.22. The molecule has 0 radical (unpaired) electrons. The van der Waals surface area contributed by atoms with Crippen molar-refractivity contribution in [1.82, 2.24) is 9.78 Å². The molecule has 0 fully saturated rings. The highest BCUT2D eigenvalue weighted by Crippen LogP contribution is 2.09. The van der Waals surface area contributed by atoms with Crippen LogP contribution in [0, 0.1) is 23.7 Å². The number of aromatic nitrogens is 2. The van der Waals surface area contributed by atoms with Gasteiger partial charge in [0.25, 0.3) is 0 Å². The molecule has 1 aromatic carbocycles. The van der Waals surface area contributed by atoms with Crippen molar-refractivity contribution >= 4 is 12.1 Å². The smallest absolute Gasteiger partial charge is 0.435 e. The maximum atomic E-state index is 11.9. The summed E-state index contributed by atoms with van der Waals surface area (Å²) >= 11 is 0. The van der Waals surface area contributed by atoms with Gasteiger partial charge in [-0.25, -0.2) is 9.59 Å². The number of carbonyl (C=O) groups is 2. The molecule has 1 heterocycles. The van der Waals surface area contributed by atoms with Gasteiger partial charge >= 0.3 is 12.1 Å². The first-order valence-electron chi connectivity index (χ1n) is 7.77. The van der Waals surface area contributed by atoms with E-state index in [0.29, 0.717) is 11.1 Å². The van der Waals surface area contributed by atoms with Gasteiger partial charge in [0.05, 0.1) is 30.6 Å². The lowest BCUT2D eigenvalue weighted by atomic mass is 10.1. The third-order valence-corrected chi connectivity index (χ3v) is 2.95. The van der Waals surface area contributed by atoms with Crippen molar-refractivity contribution < 1.29 is 19.1 Å². The van der Waals surface area contributed by atoms with Gasteiger partial charge in [-0.15, -0.1) is 0 Å². The number of ether oxygens (including phenoxy) is 2. The third kappa shape index (κ3) is 5.54. The number of nitrogens with zero attached hydrogens (tertiary/aromatic N) is 2. The Morgan fingerprint density at radius 3 is 2.23 bits per heavy atom. The lowest BCUT2D eigenvalue weighted by molar-refractivity contribution is 0.0513. The molecule has 0 N–H and O–H groups in total. The zero-order valence-corrected chi connectivity index (χ0v) is 15.0. The van der Waals surface area contributed by atoms with Crippen molar-refractivity contribution in [2.24, 2.45) is 0 Å². The number of carbonyl (C=O) groups excluding carboxylic acids is 2. The fourth-order valence-electron chi connectivity index (χ4n) is 1.81. The van der Waals surface area contributed by atoms with Crippen LogP contribution in [0.5, 0.6) is 0 Å². The van der Waals surface area contributed by atoms with E-state index >= 15 is 0 Å². The lowest BCUT2D eigenvalue weighted by Crippen LogP contribution is -2.27. The standard InChI is InChI=1S/C20H18N2O4/c1-20(2,3)26-19(24)22-14-16(13-21-22)8-6-5-7-15-9-11-17(12-10-15)18(23)25-4/h9-14H,1-4H3. The summed E-state index contributed by atoms with van der Waals surface area (Å²) in [6.07, 6.45) is 2.37. The number of rotatable bonds is 1. The average Bonchev–Trinajstić information content (AvgIpc) is 3.06. The van der Waals surface area contributed by atoms with Crippen molar-refractivity contribution in [1.29, 1.82) is 0 Å². The van der Waals surface area contributed by atoms with Crippen LogP contribution < -0.4 is 0 Å². The van der Waals surface area contributed by atoms with E-state index in [0.717, 1.165) is 10.2 Å². The highest BCUT2D eigenvalue weighted by molar-refractivity contribution is 5.89. The van der Waals surface area contributed by atoms with E-state index in [1.165, 1.54) is 19.5 Å². The number of hydrogen-bond donors (Lipinski definition) is 0. The van der Waals surface area contributed by atoms with Crippen LogP contribution in [0.25, 0.3) is 0 Å². The Morgan fingerprint density at radius 1 is 1.04 bits per heavy atom. The predicted octanol–water partition coefficient (Wildman–Crippen LogP) is 2.86. The van der Waals surface area contributed by atoms with Crippen LogP contribution in [-0.4, -0.2) is 34.6 Å². The van der Waals surface area contributed by atoms with Crippen molar-refractivity contribution in [3.05, 3.63) is 53.3 Å². The zero-order chi connectivity index (χ0) is 19.2. The molecule has 2 rings (SSSR count). The number of esters is 1. The summed E-state index contributed by atoms with van der Waals surface area (Å²) in [6, 6.07) is 6.69. The van der Waals surface area contributed by atoms with Crippen LogP contribution in [0.2, 0.25) is 0 Å². The first-order valence-corrected chi connectivity index (χ1v) is 7.77. The normalized spacial score (nSPS) is 10.0. The number of hydrogen-bond acceptors (Lipinski definition) is 5. The minimum atomic E-state index is -0.593. The molecule has 0 saturated carbocycles. The first-order chi connectivity index (χ1) is 12.3. The molecular weight excluding hydrogens is 332 g/mol. The van der Waals surface area contributed by atoms with E-state index in [-0.39, 0.29) is 0 Å². The van der Waals surface area contributed by atoms with Crippen LogP contribution >= 0.6 is 0 Å². The molecule has 0 aliphatic carbocycles. The SMILES string of the molecule is COC(=O)c1ccc(C#CC#Cc2cnn(C(=O)OC(C)(C)C)c2)cc1. The topological polar surface area (TPSA) is 70.4 Å². The highest BCUT2D eigenvalue weighted by atomic mass is 16.6. The van der Waals surface area contributed by atoms with Crippen LogP contribution in [-0.2, 0) is 9.47 Å². The van der Waals surface area contributed by atoms with Gasteiger partial charge in [-0.2, -0.15) is 9.78 Å². The summed E-state index contributed by atoms with van der Waals surface area (Å²) in [5, 5.41) is 3.92. The largest absolute Gasteiger partial charge is 0.465 e. The molecule has 0 atom stereocenters. The molecule has 6 heteroatoms. The second kappa shape index (κ2) is 8.04. The van der Waals surface area contributed by atoms with Gasteiger partial charge < -0.3 is 9.47 Å². The van der Waals surface area contributed by atoms with Crippen molar-refractivity contribution in [3.63, 3.8) is 0 Å². The molecule has 0 spiro atoms. The van der Waals surface area contributed by atoms with Crippen molar-refractivity contribution in [3.8, 4) is 23.7 Å². The maximum Gasteiger partial charge on any atom is 0.435 e. The highest BCUT2D eigenvalue weighted by Gasteiger charge is 2.18. The minimum Gasteiger partial charge on any atom is -0.465 e. The lowest BCUT2D eigenvalue weighted by Gasteiger charge is -2.18. The fourth-order valence-corrected chi connectivity index (χ4v) is 1.81. The van der Waals surface area contributed by atoms with Crippen molar-refractivity contribution in [2.75, 3.05) is 7.11 Å². The zero-order valence-electron chi connectivity index (χ0n) is 15.0. The number of methoxy groups -OCH3 is 1. The van der Waals surface area contributed by atoms with Gasteiger partial charge in [0, 0.05) is 5.56 Å². The molecule has 0 saturated heterocycles. The van der Waals surface area contributed by atoms with Crippen LogP contribution in [0.15, 0.2) is 36.7 Å². The summed E-state index contributed by atoms with van der Waals surface area (Å²) in [4.78, 5) is 23.2. The Hall–Kier alpha value is -3.51. The molecule has 132 valence electrons. The quantitative estimate of drug-likeness (QED) is 0.584.